The van der Waals surface area contributed by atoms with Crippen molar-refractivity contribution in [2.75, 3.05) is 53.4 Å². The van der Waals surface area contributed by atoms with Gasteiger partial charge in [0.15, 0.2) is 6.54 Å². The number of methoxy groups -OCH3 is 1. The molecule has 0 aromatic heterocycles. The number of ether oxygens (including phenoxy) is 1. The predicted molar refractivity (Wildman–Crippen MR) is 108 cm³/mol. The summed E-state index contributed by atoms with van der Waals surface area (Å²) < 4.78 is 5.21. The minimum absolute atomic E-state index is 0.0256. The molecule has 0 aliphatic carbocycles. The fourth-order valence-corrected chi connectivity index (χ4v) is 3.45. The lowest BCUT2D eigenvalue weighted by Gasteiger charge is -2.30. The molecule has 1 aliphatic heterocycles. The molecule has 1 aromatic rings. The van der Waals surface area contributed by atoms with E-state index in [-0.39, 0.29) is 23.9 Å². The second-order valence-electron chi connectivity index (χ2n) is 8.75. The van der Waals surface area contributed by atoms with Gasteiger partial charge in [0, 0.05) is 18.2 Å². The number of nitrogens with one attached hydrogen (secondary N) is 3. The highest BCUT2D eigenvalue weighted by atomic mass is 16.5. The number of amides is 2. The number of quaternary nitrogens is 2. The van der Waals surface area contributed by atoms with E-state index in [9.17, 15) is 9.59 Å². The first-order valence-corrected chi connectivity index (χ1v) is 10.0. The van der Waals surface area contributed by atoms with Gasteiger partial charge in [-0.3, -0.25) is 9.59 Å². The van der Waals surface area contributed by atoms with Crippen LogP contribution in [0.1, 0.15) is 26.3 Å². The molecule has 0 spiro atoms. The average molecular weight is 393 g/mol. The van der Waals surface area contributed by atoms with E-state index in [0.29, 0.717) is 6.54 Å². The molecule has 0 radical (unpaired) electrons. The third-order valence-corrected chi connectivity index (χ3v) is 5.00. The number of nitrogens with zero attached hydrogens (tertiary/aromatic N) is 1. The Morgan fingerprint density at radius 1 is 1.07 bits per heavy atom. The van der Waals surface area contributed by atoms with Gasteiger partial charge in [0.25, 0.3) is 5.91 Å². The van der Waals surface area contributed by atoms with Gasteiger partial charge in [-0.2, -0.15) is 0 Å². The fourth-order valence-electron chi connectivity index (χ4n) is 3.45. The summed E-state index contributed by atoms with van der Waals surface area (Å²) in [6.07, 6.45) is 0. The van der Waals surface area contributed by atoms with Crippen LogP contribution in [-0.2, 0) is 16.1 Å². The molecule has 7 heteroatoms. The van der Waals surface area contributed by atoms with Crippen molar-refractivity contribution in [3.05, 3.63) is 29.8 Å². The highest BCUT2D eigenvalue weighted by Crippen LogP contribution is 2.10. The lowest BCUT2D eigenvalue weighted by Crippen LogP contribution is -3.28. The van der Waals surface area contributed by atoms with Crippen molar-refractivity contribution in [3.8, 4) is 5.75 Å². The van der Waals surface area contributed by atoms with Gasteiger partial charge in [-0.25, -0.2) is 0 Å². The van der Waals surface area contributed by atoms with E-state index in [1.165, 1.54) is 15.4 Å². The summed E-state index contributed by atoms with van der Waals surface area (Å²) in [5.74, 6) is 0.789. The lowest BCUT2D eigenvalue weighted by molar-refractivity contribution is -1.02. The molecule has 1 heterocycles. The third kappa shape index (κ3) is 7.48. The van der Waals surface area contributed by atoms with E-state index in [2.05, 4.69) is 17.4 Å². The molecule has 1 saturated heterocycles. The Hall–Kier alpha value is -2.12. The summed E-state index contributed by atoms with van der Waals surface area (Å²) in [5, 5.41) is 2.89. The maximum absolute atomic E-state index is 12.5. The van der Waals surface area contributed by atoms with E-state index in [1.54, 1.807) is 19.1 Å². The molecule has 1 aromatic carbocycles. The first kappa shape index (κ1) is 22.2. The van der Waals surface area contributed by atoms with E-state index in [1.807, 2.05) is 32.9 Å². The maximum atomic E-state index is 12.5. The largest absolute Gasteiger partial charge is 0.497 e. The monoisotopic (exact) mass is 392 g/mol. The van der Waals surface area contributed by atoms with Crippen LogP contribution in [-0.4, -0.2) is 75.7 Å². The normalized spacial score (nSPS) is 19.8. The lowest BCUT2D eigenvalue weighted by atomic mass is 10.1. The molecule has 1 fully saturated rings. The Kier molecular flexibility index (Phi) is 7.83. The summed E-state index contributed by atoms with van der Waals surface area (Å²) in [7, 11) is 3.38. The molecule has 0 unspecified atom stereocenters. The van der Waals surface area contributed by atoms with Gasteiger partial charge in [-0.05, 0) is 45.0 Å². The van der Waals surface area contributed by atoms with Gasteiger partial charge in [0.1, 0.15) is 38.5 Å². The number of carbonyl (C=O) groups excluding carboxylic acids is 2. The summed E-state index contributed by atoms with van der Waals surface area (Å²) in [5.41, 5.74) is 1.02. The molecule has 2 amide bonds. The molecule has 2 rings (SSSR count). The Balaban J connectivity index is 1.72. The zero-order chi connectivity index (χ0) is 20.7. The number of piperazine rings is 1. The topological polar surface area (TPSA) is 67.5 Å². The van der Waals surface area contributed by atoms with Crippen molar-refractivity contribution in [2.24, 2.45) is 0 Å². The molecule has 0 saturated carbocycles. The second-order valence-corrected chi connectivity index (χ2v) is 8.75. The summed E-state index contributed by atoms with van der Waals surface area (Å²) in [6, 6.07) is 8.24. The van der Waals surface area contributed by atoms with E-state index < -0.39 is 0 Å². The molecular weight excluding hydrogens is 356 g/mol. The van der Waals surface area contributed by atoms with Gasteiger partial charge >= 0.3 is 0 Å². The van der Waals surface area contributed by atoms with Crippen LogP contribution < -0.4 is 19.9 Å². The van der Waals surface area contributed by atoms with Gasteiger partial charge in [-0.15, -0.1) is 0 Å². The summed E-state index contributed by atoms with van der Waals surface area (Å²) in [4.78, 5) is 28.8. The molecule has 1 aliphatic rings. The smallest absolute Gasteiger partial charge is 0.277 e. The predicted octanol–water partition coefficient (Wildman–Crippen LogP) is -1.65. The molecular formula is C21H36N4O3+2. The Morgan fingerprint density at radius 2 is 1.64 bits per heavy atom. The fraction of sp³-hybridized carbons (Fsp3) is 0.619. The van der Waals surface area contributed by atoms with Crippen molar-refractivity contribution in [2.45, 2.75) is 32.9 Å². The van der Waals surface area contributed by atoms with Crippen LogP contribution in [0.25, 0.3) is 0 Å². The van der Waals surface area contributed by atoms with Crippen molar-refractivity contribution in [1.82, 2.24) is 10.2 Å². The van der Waals surface area contributed by atoms with Gasteiger partial charge in [0.05, 0.1) is 13.7 Å². The molecule has 3 N–H and O–H groups in total. The molecule has 0 bridgehead atoms. The minimum Gasteiger partial charge on any atom is -0.497 e. The van der Waals surface area contributed by atoms with E-state index >= 15 is 0 Å². The Morgan fingerprint density at radius 3 is 2.18 bits per heavy atom. The van der Waals surface area contributed by atoms with Crippen molar-refractivity contribution in [3.63, 3.8) is 0 Å². The zero-order valence-electron chi connectivity index (χ0n) is 17.9. The number of hydrogen-bond acceptors (Lipinski definition) is 3. The van der Waals surface area contributed by atoms with Gasteiger partial charge in [0.2, 0.25) is 5.91 Å². The number of rotatable bonds is 7. The zero-order valence-corrected chi connectivity index (χ0v) is 17.9. The molecule has 7 nitrogen and oxygen atoms in total. The first-order valence-electron chi connectivity index (χ1n) is 10.0. The van der Waals surface area contributed by atoms with Gasteiger partial charge in [-0.1, -0.05) is 0 Å². The minimum atomic E-state index is -0.283. The first-order chi connectivity index (χ1) is 13.2. The van der Waals surface area contributed by atoms with Crippen LogP contribution >= 0.6 is 0 Å². The van der Waals surface area contributed by atoms with Crippen LogP contribution in [0.15, 0.2) is 24.3 Å². The Bertz CT molecular complexity index is 647. The van der Waals surface area contributed by atoms with Crippen molar-refractivity contribution in [1.29, 1.82) is 0 Å². The van der Waals surface area contributed by atoms with Crippen LogP contribution in [0.4, 0.5) is 0 Å². The number of likely N-dealkylation sites (N-methyl/N-ethyl adjacent to an activating group) is 1. The van der Waals surface area contributed by atoms with Gasteiger partial charge < -0.3 is 24.8 Å². The number of carbonyl (C=O) groups is 2. The Labute approximate surface area is 168 Å². The summed E-state index contributed by atoms with van der Waals surface area (Å²) >= 11 is 0. The third-order valence-electron chi connectivity index (χ3n) is 5.00. The SMILES string of the molecule is COc1ccc(C[NH+]2CC[NH+](CC(=O)N(C)CC(=O)NC(C)(C)C)CC2)cc1. The van der Waals surface area contributed by atoms with Crippen molar-refractivity contribution < 1.29 is 24.1 Å². The molecule has 28 heavy (non-hydrogen) atoms. The second kappa shape index (κ2) is 9.89. The van der Waals surface area contributed by atoms with E-state index in [0.717, 1.165) is 38.5 Å². The average Bonchev–Trinajstić information content (AvgIpc) is 2.62. The van der Waals surface area contributed by atoms with Crippen LogP contribution in [0, 0.1) is 0 Å². The van der Waals surface area contributed by atoms with Crippen LogP contribution in [0.5, 0.6) is 5.75 Å². The number of benzene rings is 1. The molecule has 156 valence electrons. The quantitative estimate of drug-likeness (QED) is 0.521. The standard InChI is InChI=1S/C21H34N4O3/c1-21(2,3)22-19(26)15-23(4)20(27)16-25-12-10-24(11-13-25)14-17-6-8-18(28-5)9-7-17/h6-9H,10-16H2,1-5H3,(H,22,26)/p+2. The number of hydrogen-bond donors (Lipinski definition) is 3. The highest BCUT2D eigenvalue weighted by molar-refractivity contribution is 5.85. The maximum Gasteiger partial charge on any atom is 0.277 e. The summed E-state index contributed by atoms with van der Waals surface area (Å²) in [6.45, 7) is 11.4. The van der Waals surface area contributed by atoms with Crippen LogP contribution in [0.3, 0.4) is 0 Å². The van der Waals surface area contributed by atoms with Crippen LogP contribution in [0.2, 0.25) is 0 Å². The highest BCUT2D eigenvalue weighted by Gasteiger charge is 2.27. The molecule has 0 atom stereocenters. The van der Waals surface area contributed by atoms with E-state index in [4.69, 9.17) is 4.74 Å². The van der Waals surface area contributed by atoms with Crippen molar-refractivity contribution >= 4 is 11.8 Å².